The van der Waals surface area contributed by atoms with Crippen LogP contribution in [0.3, 0.4) is 0 Å². The molecule has 1 aliphatic rings. The molecule has 0 amide bonds. The van der Waals surface area contributed by atoms with Gasteiger partial charge in [0, 0.05) is 0 Å². The molecule has 0 aromatic carbocycles. The predicted octanol–water partition coefficient (Wildman–Crippen LogP) is -3.64. The highest BCUT2D eigenvalue weighted by Crippen LogP contribution is 2.35. The topological polar surface area (TPSA) is 131 Å². The first-order chi connectivity index (χ1) is 6.23. The molecule has 0 aromatic rings. The van der Waals surface area contributed by atoms with E-state index in [1.807, 2.05) is 0 Å². The van der Waals surface area contributed by atoms with Crippen molar-refractivity contribution in [2.24, 2.45) is 0 Å². The summed E-state index contributed by atoms with van der Waals surface area (Å²) in [7, 11) is 0. The lowest BCUT2D eigenvalue weighted by molar-refractivity contribution is -0.439. The Bertz CT molecular complexity index is 214. The molecule has 14 heavy (non-hydrogen) atoms. The van der Waals surface area contributed by atoms with Gasteiger partial charge in [0.25, 0.3) is 0 Å². The van der Waals surface area contributed by atoms with E-state index < -0.39 is 35.8 Å². The largest absolute Gasteiger partial charge is 0.394 e. The van der Waals surface area contributed by atoms with Crippen molar-refractivity contribution in [1.29, 1.82) is 0 Å². The molecule has 0 radical (unpaired) electrons. The van der Waals surface area contributed by atoms with Gasteiger partial charge in [-0.25, -0.2) is 0 Å². The van der Waals surface area contributed by atoms with Gasteiger partial charge in [-0.1, -0.05) is 0 Å². The standard InChI is InChI=1S/C6H12O7S/c7-1-2-5(10,14)3(8)4(9)6(11,12)13-2/h2-4,7-12,14H,1H2/t2-,3+,4-,5-/m1/s1. The van der Waals surface area contributed by atoms with Crippen molar-refractivity contribution in [1.82, 2.24) is 0 Å². The van der Waals surface area contributed by atoms with E-state index in [4.69, 9.17) is 20.4 Å². The summed E-state index contributed by atoms with van der Waals surface area (Å²) >= 11 is 3.56. The fourth-order valence-corrected chi connectivity index (χ4v) is 1.44. The Kier molecular flexibility index (Phi) is 3.10. The van der Waals surface area contributed by atoms with E-state index >= 15 is 0 Å². The molecule has 6 N–H and O–H groups in total. The second kappa shape index (κ2) is 3.58. The molecule has 0 bridgehead atoms. The molecular formula is C6H12O7S. The lowest BCUT2D eigenvalue weighted by atomic mass is 9.97. The Hall–Kier alpha value is 0.0700. The van der Waals surface area contributed by atoms with Crippen LogP contribution in [0.5, 0.6) is 0 Å². The highest BCUT2D eigenvalue weighted by atomic mass is 32.1. The van der Waals surface area contributed by atoms with E-state index in [2.05, 4.69) is 17.4 Å². The second-order valence-electron chi connectivity index (χ2n) is 3.12. The summed E-state index contributed by atoms with van der Waals surface area (Å²) in [5, 5.41) is 54.5. The number of hydrogen-bond donors (Lipinski definition) is 7. The average molecular weight is 228 g/mol. The molecule has 0 unspecified atom stereocenters. The van der Waals surface area contributed by atoms with Gasteiger partial charge in [0.1, 0.15) is 12.2 Å². The van der Waals surface area contributed by atoms with Gasteiger partial charge in [-0.3, -0.25) is 0 Å². The molecule has 0 saturated carbocycles. The van der Waals surface area contributed by atoms with E-state index in [0.717, 1.165) is 0 Å². The number of aliphatic hydroxyl groups is 6. The summed E-state index contributed by atoms with van der Waals surface area (Å²) in [6, 6.07) is 0. The van der Waals surface area contributed by atoms with Gasteiger partial charge in [0.05, 0.1) is 6.61 Å². The lowest BCUT2D eigenvalue weighted by Crippen LogP contribution is -2.69. The maximum atomic E-state index is 9.45. The smallest absolute Gasteiger partial charge is 0.308 e. The zero-order valence-electron chi connectivity index (χ0n) is 6.98. The van der Waals surface area contributed by atoms with Crippen molar-refractivity contribution in [3.63, 3.8) is 0 Å². The third-order valence-corrected chi connectivity index (χ3v) is 2.63. The fourth-order valence-electron chi connectivity index (χ4n) is 1.17. The molecule has 4 atom stereocenters. The van der Waals surface area contributed by atoms with Crippen molar-refractivity contribution in [2.45, 2.75) is 29.2 Å². The zero-order chi connectivity index (χ0) is 11.1. The van der Waals surface area contributed by atoms with Crippen molar-refractivity contribution >= 4 is 12.6 Å². The van der Waals surface area contributed by atoms with Crippen LogP contribution in [0.1, 0.15) is 0 Å². The maximum Gasteiger partial charge on any atom is 0.308 e. The Balaban J connectivity index is 2.95. The van der Waals surface area contributed by atoms with Crippen LogP contribution in [-0.2, 0) is 4.74 Å². The van der Waals surface area contributed by atoms with Gasteiger partial charge in [0.2, 0.25) is 0 Å². The third-order valence-electron chi connectivity index (χ3n) is 2.08. The Labute approximate surface area is 84.6 Å². The van der Waals surface area contributed by atoms with Crippen molar-refractivity contribution in [2.75, 3.05) is 6.61 Å². The summed E-state index contributed by atoms with van der Waals surface area (Å²) in [6.07, 6.45) is -5.64. The molecule has 0 spiro atoms. The number of ether oxygens (including phenoxy) is 1. The van der Waals surface area contributed by atoms with Gasteiger partial charge >= 0.3 is 5.97 Å². The zero-order valence-corrected chi connectivity index (χ0v) is 7.87. The van der Waals surface area contributed by atoms with Gasteiger partial charge in [-0.05, 0) is 0 Å². The molecule has 0 aromatic heterocycles. The third kappa shape index (κ3) is 1.75. The summed E-state index contributed by atoms with van der Waals surface area (Å²) in [4.78, 5) is -2.26. The fraction of sp³-hybridized carbons (Fsp3) is 1.00. The normalized spacial score (nSPS) is 47.8. The van der Waals surface area contributed by atoms with Gasteiger partial charge in [0.15, 0.2) is 11.0 Å². The highest BCUT2D eigenvalue weighted by Gasteiger charge is 2.58. The molecule has 1 aliphatic heterocycles. The van der Waals surface area contributed by atoms with E-state index in [9.17, 15) is 10.2 Å². The van der Waals surface area contributed by atoms with Crippen LogP contribution in [0.15, 0.2) is 0 Å². The van der Waals surface area contributed by atoms with Crippen LogP contribution in [0.25, 0.3) is 0 Å². The number of rotatable bonds is 1. The predicted molar refractivity (Wildman–Crippen MR) is 45.1 cm³/mol. The SMILES string of the molecule is OC[C@H]1OC(O)(O)[C@H](O)[C@H](O)[C@]1(O)S. The molecule has 0 aliphatic carbocycles. The van der Waals surface area contributed by atoms with Crippen LogP contribution < -0.4 is 0 Å². The number of thiol groups is 1. The Morgan fingerprint density at radius 1 is 1.14 bits per heavy atom. The summed E-state index contributed by atoms with van der Waals surface area (Å²) in [6.45, 7) is -0.799. The Morgan fingerprint density at radius 2 is 1.64 bits per heavy atom. The van der Waals surface area contributed by atoms with Crippen LogP contribution >= 0.6 is 12.6 Å². The minimum Gasteiger partial charge on any atom is -0.394 e. The summed E-state index contributed by atoms with van der Waals surface area (Å²) in [5.74, 6) is -3.03. The van der Waals surface area contributed by atoms with Crippen LogP contribution in [-0.4, -0.2) is 66.5 Å². The average Bonchev–Trinajstić information content (AvgIpc) is 2.09. The van der Waals surface area contributed by atoms with E-state index in [0.29, 0.717) is 0 Å². The Morgan fingerprint density at radius 3 is 2.07 bits per heavy atom. The van der Waals surface area contributed by atoms with E-state index in [1.165, 1.54) is 0 Å². The molecule has 8 heteroatoms. The molecule has 1 heterocycles. The minimum atomic E-state index is -3.03. The van der Waals surface area contributed by atoms with Gasteiger partial charge in [-0.15, -0.1) is 12.6 Å². The number of aliphatic hydroxyl groups excluding tert-OH is 3. The van der Waals surface area contributed by atoms with Crippen LogP contribution in [0.2, 0.25) is 0 Å². The van der Waals surface area contributed by atoms with Gasteiger partial charge < -0.3 is 35.4 Å². The lowest BCUT2D eigenvalue weighted by Gasteiger charge is -2.46. The first kappa shape index (κ1) is 12.1. The number of hydrogen-bond acceptors (Lipinski definition) is 8. The summed E-state index contributed by atoms with van der Waals surface area (Å²) in [5.41, 5.74) is 0. The molecule has 1 rings (SSSR count). The first-order valence-corrected chi connectivity index (χ1v) is 4.22. The summed E-state index contributed by atoms with van der Waals surface area (Å²) < 4.78 is 4.35. The van der Waals surface area contributed by atoms with Crippen molar-refractivity contribution in [3.05, 3.63) is 0 Å². The van der Waals surface area contributed by atoms with Crippen molar-refractivity contribution in [3.8, 4) is 0 Å². The van der Waals surface area contributed by atoms with Crippen molar-refractivity contribution < 1.29 is 35.4 Å². The molecule has 7 nitrogen and oxygen atoms in total. The first-order valence-electron chi connectivity index (χ1n) is 3.77. The quantitative estimate of drug-likeness (QED) is 0.182. The van der Waals surface area contributed by atoms with Gasteiger partial charge in [-0.2, -0.15) is 0 Å². The maximum absolute atomic E-state index is 9.45. The molecule has 1 saturated heterocycles. The highest BCUT2D eigenvalue weighted by molar-refractivity contribution is 7.81. The molecule has 1 fully saturated rings. The minimum absolute atomic E-state index is 0.799. The van der Waals surface area contributed by atoms with Crippen LogP contribution in [0, 0.1) is 0 Å². The van der Waals surface area contributed by atoms with E-state index in [1.54, 1.807) is 0 Å². The molecule has 84 valence electrons. The van der Waals surface area contributed by atoms with Crippen LogP contribution in [0.4, 0.5) is 0 Å². The molecular weight excluding hydrogens is 216 g/mol. The second-order valence-corrected chi connectivity index (χ2v) is 3.84. The monoisotopic (exact) mass is 228 g/mol. The van der Waals surface area contributed by atoms with E-state index in [-0.39, 0.29) is 0 Å².